The lowest BCUT2D eigenvalue weighted by molar-refractivity contribution is 0.335. The number of hydrogen-bond donors (Lipinski definition) is 1. The molecule has 2 aliphatic rings. The maximum absolute atomic E-state index is 4.54. The highest BCUT2D eigenvalue weighted by molar-refractivity contribution is 5.02. The Kier molecular flexibility index (Phi) is 2.91. The quantitative estimate of drug-likeness (QED) is 0.837. The first-order valence-corrected chi connectivity index (χ1v) is 6.52. The first-order valence-electron chi connectivity index (χ1n) is 6.52. The van der Waals surface area contributed by atoms with E-state index in [-0.39, 0.29) is 0 Å². The van der Waals surface area contributed by atoms with E-state index in [1.807, 2.05) is 11.0 Å². The molecular weight excluding hydrogens is 200 g/mol. The fraction of sp³-hybridized carbons (Fsp3) is 0.833. The average molecular weight is 220 g/mol. The largest absolute Gasteiger partial charge is 0.316 e. The molecule has 3 rings (SSSR count). The van der Waals surface area contributed by atoms with Crippen molar-refractivity contribution in [2.45, 2.75) is 44.6 Å². The summed E-state index contributed by atoms with van der Waals surface area (Å²) >= 11 is 0. The standard InChI is InChI=1S/C12H20N4/c1-2-10(8-13-6-1)5-7-16-9-14-12(15-16)11-3-4-11/h9-11,13H,1-8H2. The van der Waals surface area contributed by atoms with Crippen LogP contribution in [0.25, 0.3) is 0 Å². The van der Waals surface area contributed by atoms with E-state index in [1.54, 1.807) is 0 Å². The maximum Gasteiger partial charge on any atom is 0.153 e. The van der Waals surface area contributed by atoms with Crippen LogP contribution in [0.2, 0.25) is 0 Å². The molecular formula is C12H20N4. The van der Waals surface area contributed by atoms with E-state index in [9.17, 15) is 0 Å². The summed E-state index contributed by atoms with van der Waals surface area (Å²) in [6.07, 6.45) is 8.42. The van der Waals surface area contributed by atoms with Gasteiger partial charge in [-0.2, -0.15) is 5.10 Å². The first-order chi connectivity index (χ1) is 7.92. The van der Waals surface area contributed by atoms with Gasteiger partial charge in [0.25, 0.3) is 0 Å². The third kappa shape index (κ3) is 2.43. The van der Waals surface area contributed by atoms with Crippen LogP contribution in [-0.2, 0) is 6.54 Å². The number of aromatic nitrogens is 3. The van der Waals surface area contributed by atoms with Crippen LogP contribution in [0.5, 0.6) is 0 Å². The summed E-state index contributed by atoms with van der Waals surface area (Å²) in [6, 6.07) is 0. The SMILES string of the molecule is c1nc(C2CC2)nn1CCC1CCCNC1. The van der Waals surface area contributed by atoms with Gasteiger partial charge in [0.05, 0.1) is 0 Å². The normalized spacial score (nSPS) is 25.9. The van der Waals surface area contributed by atoms with Gasteiger partial charge in [-0.05, 0) is 51.1 Å². The molecule has 1 unspecified atom stereocenters. The maximum atomic E-state index is 4.54. The van der Waals surface area contributed by atoms with Crippen LogP contribution in [0.4, 0.5) is 0 Å². The van der Waals surface area contributed by atoms with E-state index in [1.165, 1.54) is 45.2 Å². The van der Waals surface area contributed by atoms with Gasteiger partial charge in [-0.15, -0.1) is 0 Å². The van der Waals surface area contributed by atoms with Crippen molar-refractivity contribution in [2.75, 3.05) is 13.1 Å². The molecule has 1 saturated heterocycles. The molecule has 88 valence electrons. The van der Waals surface area contributed by atoms with Crippen molar-refractivity contribution in [1.29, 1.82) is 0 Å². The van der Waals surface area contributed by atoms with Gasteiger partial charge in [-0.25, -0.2) is 4.98 Å². The Morgan fingerprint density at radius 3 is 3.06 bits per heavy atom. The van der Waals surface area contributed by atoms with E-state index in [0.29, 0.717) is 5.92 Å². The summed E-state index contributed by atoms with van der Waals surface area (Å²) in [5.74, 6) is 2.58. The van der Waals surface area contributed by atoms with Crippen LogP contribution in [0.15, 0.2) is 6.33 Å². The van der Waals surface area contributed by atoms with Gasteiger partial charge in [0.1, 0.15) is 6.33 Å². The third-order valence-electron chi connectivity index (χ3n) is 3.66. The second-order valence-electron chi connectivity index (χ2n) is 5.14. The van der Waals surface area contributed by atoms with E-state index in [0.717, 1.165) is 18.3 Å². The number of piperidine rings is 1. The summed E-state index contributed by atoms with van der Waals surface area (Å²) in [6.45, 7) is 3.42. The Morgan fingerprint density at radius 1 is 1.38 bits per heavy atom. The summed E-state index contributed by atoms with van der Waals surface area (Å²) in [5.41, 5.74) is 0. The molecule has 0 bridgehead atoms. The van der Waals surface area contributed by atoms with E-state index < -0.39 is 0 Å². The number of aryl methyl sites for hydroxylation is 1. The third-order valence-corrected chi connectivity index (χ3v) is 3.66. The molecule has 0 spiro atoms. The second-order valence-corrected chi connectivity index (χ2v) is 5.14. The van der Waals surface area contributed by atoms with E-state index >= 15 is 0 Å². The zero-order valence-electron chi connectivity index (χ0n) is 9.73. The van der Waals surface area contributed by atoms with Gasteiger partial charge in [0.15, 0.2) is 5.82 Å². The van der Waals surface area contributed by atoms with E-state index in [2.05, 4.69) is 15.4 Å². The van der Waals surface area contributed by atoms with Gasteiger partial charge >= 0.3 is 0 Å². The van der Waals surface area contributed by atoms with Crippen LogP contribution in [0, 0.1) is 5.92 Å². The molecule has 1 N–H and O–H groups in total. The average Bonchev–Trinajstić information content (AvgIpc) is 3.08. The summed E-state index contributed by atoms with van der Waals surface area (Å²) < 4.78 is 2.03. The molecule has 1 atom stereocenters. The highest BCUT2D eigenvalue weighted by atomic mass is 15.3. The summed E-state index contributed by atoms with van der Waals surface area (Å²) in [4.78, 5) is 4.38. The fourth-order valence-corrected chi connectivity index (χ4v) is 2.43. The van der Waals surface area contributed by atoms with Crippen molar-refractivity contribution in [1.82, 2.24) is 20.1 Å². The Hall–Kier alpha value is -0.900. The Morgan fingerprint density at radius 2 is 2.31 bits per heavy atom. The van der Waals surface area contributed by atoms with Crippen LogP contribution in [0.1, 0.15) is 43.8 Å². The molecule has 1 aliphatic heterocycles. The summed E-state index contributed by atoms with van der Waals surface area (Å²) in [5, 5.41) is 8.00. The number of nitrogens with zero attached hydrogens (tertiary/aromatic N) is 3. The van der Waals surface area contributed by atoms with Crippen molar-refractivity contribution in [3.63, 3.8) is 0 Å². The molecule has 0 amide bonds. The van der Waals surface area contributed by atoms with Crippen molar-refractivity contribution >= 4 is 0 Å². The minimum absolute atomic E-state index is 0.678. The minimum atomic E-state index is 0.678. The number of rotatable bonds is 4. The first kappa shape index (κ1) is 10.3. The molecule has 0 aromatic carbocycles. The van der Waals surface area contributed by atoms with Gasteiger partial charge in [0.2, 0.25) is 0 Å². The van der Waals surface area contributed by atoms with Crippen molar-refractivity contribution in [3.8, 4) is 0 Å². The van der Waals surface area contributed by atoms with Crippen LogP contribution >= 0.6 is 0 Å². The zero-order chi connectivity index (χ0) is 10.8. The molecule has 1 aromatic heterocycles. The Labute approximate surface area is 96.4 Å². The lowest BCUT2D eigenvalue weighted by Crippen LogP contribution is -2.30. The van der Waals surface area contributed by atoms with Crippen LogP contribution in [0.3, 0.4) is 0 Å². The van der Waals surface area contributed by atoms with Crippen LogP contribution in [-0.4, -0.2) is 27.9 Å². The highest BCUT2D eigenvalue weighted by Gasteiger charge is 2.27. The monoisotopic (exact) mass is 220 g/mol. The molecule has 1 saturated carbocycles. The number of nitrogens with one attached hydrogen (secondary N) is 1. The smallest absolute Gasteiger partial charge is 0.153 e. The Balaban J connectivity index is 1.49. The predicted octanol–water partition coefficient (Wildman–Crippen LogP) is 1.55. The number of hydrogen-bond acceptors (Lipinski definition) is 3. The van der Waals surface area contributed by atoms with Crippen molar-refractivity contribution in [3.05, 3.63) is 12.2 Å². The predicted molar refractivity (Wildman–Crippen MR) is 62.2 cm³/mol. The molecule has 2 heterocycles. The molecule has 16 heavy (non-hydrogen) atoms. The van der Waals surface area contributed by atoms with Crippen molar-refractivity contribution < 1.29 is 0 Å². The van der Waals surface area contributed by atoms with E-state index in [4.69, 9.17) is 0 Å². The lowest BCUT2D eigenvalue weighted by atomic mass is 9.96. The minimum Gasteiger partial charge on any atom is -0.316 e. The molecule has 0 radical (unpaired) electrons. The van der Waals surface area contributed by atoms with Crippen LogP contribution < -0.4 is 5.32 Å². The van der Waals surface area contributed by atoms with Gasteiger partial charge in [0, 0.05) is 12.5 Å². The van der Waals surface area contributed by atoms with Gasteiger partial charge < -0.3 is 5.32 Å². The summed E-state index contributed by atoms with van der Waals surface area (Å²) in [7, 11) is 0. The second kappa shape index (κ2) is 4.53. The molecule has 4 nitrogen and oxygen atoms in total. The highest BCUT2D eigenvalue weighted by Crippen LogP contribution is 2.37. The molecule has 1 aliphatic carbocycles. The Bertz CT molecular complexity index is 337. The van der Waals surface area contributed by atoms with Gasteiger partial charge in [-0.3, -0.25) is 4.68 Å². The molecule has 1 aromatic rings. The van der Waals surface area contributed by atoms with Crippen molar-refractivity contribution in [2.24, 2.45) is 5.92 Å². The fourth-order valence-electron chi connectivity index (χ4n) is 2.43. The topological polar surface area (TPSA) is 42.7 Å². The zero-order valence-corrected chi connectivity index (χ0v) is 9.73. The molecule has 4 heteroatoms. The lowest BCUT2D eigenvalue weighted by Gasteiger charge is -2.22. The van der Waals surface area contributed by atoms with Gasteiger partial charge in [-0.1, -0.05) is 0 Å². The molecule has 2 fully saturated rings.